The van der Waals surface area contributed by atoms with E-state index in [1.165, 1.54) is 0 Å². The van der Waals surface area contributed by atoms with Crippen LogP contribution in [-0.4, -0.2) is 54.6 Å². The summed E-state index contributed by atoms with van der Waals surface area (Å²) in [4.78, 5) is 23.9. The Balaban J connectivity index is 2.40. The van der Waals surface area contributed by atoms with Crippen molar-refractivity contribution in [1.29, 1.82) is 5.26 Å². The lowest BCUT2D eigenvalue weighted by atomic mass is 10.2. The van der Waals surface area contributed by atoms with Crippen molar-refractivity contribution in [3.8, 4) is 6.07 Å². The molecule has 1 amide bonds. The molecule has 1 rings (SSSR count). The number of nitriles is 1. The van der Waals surface area contributed by atoms with Crippen molar-refractivity contribution in [2.45, 2.75) is 12.8 Å². The zero-order chi connectivity index (χ0) is 14.1. The van der Waals surface area contributed by atoms with E-state index in [1.807, 2.05) is 11.0 Å². The molecule has 1 heterocycles. The van der Waals surface area contributed by atoms with Gasteiger partial charge in [-0.25, -0.2) is 0 Å². The second-order valence-electron chi connectivity index (χ2n) is 4.19. The molecule has 0 radical (unpaired) electrons. The lowest BCUT2D eigenvalue weighted by Gasteiger charge is -2.25. The maximum Gasteiger partial charge on any atom is 0.303 e. The third-order valence-electron chi connectivity index (χ3n) is 2.68. The number of hydrogen-bond acceptors (Lipinski definition) is 5. The van der Waals surface area contributed by atoms with Crippen LogP contribution in [0.3, 0.4) is 0 Å². The third kappa shape index (κ3) is 5.88. The number of carboxylic acid groups (broad SMARTS) is 1. The summed E-state index contributed by atoms with van der Waals surface area (Å²) in [5.41, 5.74) is 0.0530. The molecular formula is C12H18N4O3. The summed E-state index contributed by atoms with van der Waals surface area (Å²) in [7, 11) is 0. The Morgan fingerprint density at radius 2 is 2.11 bits per heavy atom. The molecule has 3 N–H and O–H groups in total. The van der Waals surface area contributed by atoms with Crippen LogP contribution in [0.5, 0.6) is 0 Å². The van der Waals surface area contributed by atoms with E-state index < -0.39 is 11.9 Å². The lowest BCUT2D eigenvalue weighted by Crippen LogP contribution is -2.41. The first kappa shape index (κ1) is 15.0. The van der Waals surface area contributed by atoms with Crippen LogP contribution in [-0.2, 0) is 9.59 Å². The summed E-state index contributed by atoms with van der Waals surface area (Å²) in [6, 6.07) is 1.87. The molecule has 0 bridgehead atoms. The maximum absolute atomic E-state index is 11.7. The number of hydrogen-bond donors (Lipinski definition) is 3. The molecule has 0 aromatic carbocycles. The quantitative estimate of drug-likeness (QED) is 0.333. The highest BCUT2D eigenvalue weighted by atomic mass is 16.4. The minimum absolute atomic E-state index is 0.00365. The monoisotopic (exact) mass is 266 g/mol. The molecule has 1 aliphatic heterocycles. The molecule has 0 atom stereocenters. The van der Waals surface area contributed by atoms with Gasteiger partial charge < -0.3 is 20.6 Å². The van der Waals surface area contributed by atoms with Crippen LogP contribution >= 0.6 is 0 Å². The Kier molecular flexibility index (Phi) is 6.39. The minimum Gasteiger partial charge on any atom is -0.481 e. The van der Waals surface area contributed by atoms with Crippen molar-refractivity contribution in [2.24, 2.45) is 0 Å². The smallest absolute Gasteiger partial charge is 0.303 e. The number of nitrogens with zero attached hydrogens (tertiary/aromatic N) is 2. The van der Waals surface area contributed by atoms with Crippen molar-refractivity contribution in [3.63, 3.8) is 0 Å². The average Bonchev–Trinajstić information content (AvgIpc) is 2.41. The van der Waals surface area contributed by atoms with Crippen LogP contribution in [0.1, 0.15) is 12.8 Å². The molecule has 0 unspecified atom stereocenters. The third-order valence-corrected chi connectivity index (χ3v) is 2.68. The molecule has 1 aliphatic rings. The van der Waals surface area contributed by atoms with Crippen LogP contribution < -0.4 is 10.6 Å². The number of carbonyl (C=O) groups excluding carboxylic acids is 1. The summed E-state index contributed by atoms with van der Waals surface area (Å²) >= 11 is 0. The largest absolute Gasteiger partial charge is 0.481 e. The van der Waals surface area contributed by atoms with Gasteiger partial charge in [0.2, 0.25) is 0 Å². The molecule has 0 spiro atoms. The standard InChI is InChI=1S/C12H18N4O3/c13-8-10(9-16-6-4-14-5-7-16)12(19)15-3-1-2-11(17)18/h9,14H,1-7H2,(H,15,19)(H,17,18)/b10-9-. The van der Waals surface area contributed by atoms with Crippen LogP contribution in [0.25, 0.3) is 0 Å². The van der Waals surface area contributed by atoms with Crippen molar-refractivity contribution in [1.82, 2.24) is 15.5 Å². The fourth-order valence-electron chi connectivity index (χ4n) is 1.67. The van der Waals surface area contributed by atoms with Gasteiger partial charge >= 0.3 is 5.97 Å². The Morgan fingerprint density at radius 1 is 1.42 bits per heavy atom. The zero-order valence-electron chi connectivity index (χ0n) is 10.7. The minimum atomic E-state index is -0.897. The van der Waals surface area contributed by atoms with Crippen molar-refractivity contribution in [3.05, 3.63) is 11.8 Å². The van der Waals surface area contributed by atoms with Crippen molar-refractivity contribution in [2.75, 3.05) is 32.7 Å². The van der Waals surface area contributed by atoms with Gasteiger partial charge in [0.05, 0.1) is 0 Å². The molecule has 1 fully saturated rings. The van der Waals surface area contributed by atoms with E-state index in [0.29, 0.717) is 6.42 Å². The fourth-order valence-corrected chi connectivity index (χ4v) is 1.67. The Bertz CT molecular complexity index is 394. The average molecular weight is 266 g/mol. The number of carboxylic acids is 1. The summed E-state index contributed by atoms with van der Waals surface area (Å²) in [5, 5.41) is 23.1. The fraction of sp³-hybridized carbons (Fsp3) is 0.583. The molecule has 0 saturated carbocycles. The first-order chi connectivity index (χ1) is 9.13. The summed E-state index contributed by atoms with van der Waals surface area (Å²) < 4.78 is 0. The lowest BCUT2D eigenvalue weighted by molar-refractivity contribution is -0.137. The second-order valence-corrected chi connectivity index (χ2v) is 4.19. The van der Waals surface area contributed by atoms with Crippen LogP contribution in [0.4, 0.5) is 0 Å². The number of nitrogens with one attached hydrogen (secondary N) is 2. The first-order valence-corrected chi connectivity index (χ1v) is 6.20. The Morgan fingerprint density at radius 3 is 2.68 bits per heavy atom. The molecule has 0 aromatic heterocycles. The van der Waals surface area contributed by atoms with Crippen molar-refractivity contribution < 1.29 is 14.7 Å². The van der Waals surface area contributed by atoms with Gasteiger partial charge in [-0.05, 0) is 6.42 Å². The molecule has 7 heteroatoms. The molecule has 0 aliphatic carbocycles. The van der Waals surface area contributed by atoms with Crippen LogP contribution in [0, 0.1) is 11.3 Å². The zero-order valence-corrected chi connectivity index (χ0v) is 10.7. The van der Waals surface area contributed by atoms with Gasteiger partial charge in [0.25, 0.3) is 5.91 Å². The molecular weight excluding hydrogens is 248 g/mol. The van der Waals surface area contributed by atoms with Crippen LogP contribution in [0.2, 0.25) is 0 Å². The number of aliphatic carboxylic acids is 1. The number of carbonyl (C=O) groups is 2. The van der Waals surface area contributed by atoms with E-state index >= 15 is 0 Å². The number of amides is 1. The SMILES string of the molecule is N#C/C(=C/N1CCNCC1)C(=O)NCCCC(=O)O. The molecule has 104 valence electrons. The Labute approximate surface area is 111 Å². The van der Waals surface area contributed by atoms with Crippen molar-refractivity contribution >= 4 is 11.9 Å². The van der Waals surface area contributed by atoms with E-state index in [2.05, 4.69) is 10.6 Å². The van der Waals surface area contributed by atoms with E-state index in [4.69, 9.17) is 10.4 Å². The van der Waals surface area contributed by atoms with Gasteiger partial charge in [0, 0.05) is 45.3 Å². The van der Waals surface area contributed by atoms with Gasteiger partial charge in [-0.2, -0.15) is 5.26 Å². The predicted molar refractivity (Wildman–Crippen MR) is 68.0 cm³/mol. The summed E-state index contributed by atoms with van der Waals surface area (Å²) in [5.74, 6) is -1.35. The molecule has 7 nitrogen and oxygen atoms in total. The number of piperazine rings is 1. The van der Waals surface area contributed by atoms with Gasteiger partial charge in [0.1, 0.15) is 11.6 Å². The maximum atomic E-state index is 11.7. The normalized spacial score (nSPS) is 15.7. The number of rotatable bonds is 6. The molecule has 0 aromatic rings. The van der Waals surface area contributed by atoms with Crippen LogP contribution in [0.15, 0.2) is 11.8 Å². The van der Waals surface area contributed by atoms with E-state index in [1.54, 1.807) is 6.20 Å². The van der Waals surface area contributed by atoms with Gasteiger partial charge in [-0.15, -0.1) is 0 Å². The van der Waals surface area contributed by atoms with Gasteiger partial charge in [0.15, 0.2) is 0 Å². The molecule has 1 saturated heterocycles. The summed E-state index contributed by atoms with van der Waals surface area (Å²) in [6.45, 7) is 3.44. The van der Waals surface area contributed by atoms with E-state index in [9.17, 15) is 9.59 Å². The van der Waals surface area contributed by atoms with E-state index in [-0.39, 0.29) is 18.5 Å². The van der Waals surface area contributed by atoms with Gasteiger partial charge in [-0.1, -0.05) is 0 Å². The first-order valence-electron chi connectivity index (χ1n) is 6.20. The highest BCUT2D eigenvalue weighted by Crippen LogP contribution is 2.00. The highest BCUT2D eigenvalue weighted by Gasteiger charge is 2.12. The Hall–Kier alpha value is -2.07. The molecule has 19 heavy (non-hydrogen) atoms. The second kappa shape index (κ2) is 8.11. The summed E-state index contributed by atoms with van der Waals surface area (Å²) in [6.07, 6.45) is 1.92. The predicted octanol–water partition coefficient (Wildman–Crippen LogP) is -0.720. The topological polar surface area (TPSA) is 105 Å². The highest BCUT2D eigenvalue weighted by molar-refractivity contribution is 5.97. The van der Waals surface area contributed by atoms with Gasteiger partial charge in [-0.3, -0.25) is 9.59 Å². The van der Waals surface area contributed by atoms with E-state index in [0.717, 1.165) is 26.2 Å².